The summed E-state index contributed by atoms with van der Waals surface area (Å²) in [7, 11) is 5.11. The van der Waals surface area contributed by atoms with Gasteiger partial charge in [-0.2, -0.15) is 0 Å². The number of carbonyl (C=O) groups is 1. The van der Waals surface area contributed by atoms with E-state index >= 15 is 0 Å². The van der Waals surface area contributed by atoms with Crippen LogP contribution in [0.25, 0.3) is 0 Å². The Morgan fingerprint density at radius 1 is 1.12 bits per heavy atom. The minimum atomic E-state index is -0.0442. The van der Waals surface area contributed by atoms with Crippen molar-refractivity contribution in [1.82, 2.24) is 14.7 Å². The van der Waals surface area contributed by atoms with Crippen LogP contribution in [0.5, 0.6) is 11.5 Å². The van der Waals surface area contributed by atoms with Gasteiger partial charge in [0.15, 0.2) is 0 Å². The number of piperazine rings is 2. The number of carbonyl (C=O) groups excluding carboxylic acids is 1. The molecule has 2 fully saturated rings. The Morgan fingerprint density at radius 3 is 2.54 bits per heavy atom. The first-order valence-corrected chi connectivity index (χ1v) is 8.53. The van der Waals surface area contributed by atoms with Crippen molar-refractivity contribution in [1.29, 1.82) is 0 Å². The van der Waals surface area contributed by atoms with E-state index in [1.54, 1.807) is 14.2 Å². The lowest BCUT2D eigenvalue weighted by Gasteiger charge is -2.45. The molecule has 0 spiro atoms. The maximum atomic E-state index is 12.4. The third-order valence-electron chi connectivity index (χ3n) is 4.91. The largest absolute Gasteiger partial charge is 0.496 e. The van der Waals surface area contributed by atoms with Gasteiger partial charge in [0.25, 0.3) is 0 Å². The van der Waals surface area contributed by atoms with E-state index < -0.39 is 0 Å². The van der Waals surface area contributed by atoms with Crippen molar-refractivity contribution in [2.45, 2.75) is 12.6 Å². The quantitative estimate of drug-likeness (QED) is 0.817. The van der Waals surface area contributed by atoms with E-state index in [0.29, 0.717) is 17.3 Å². The molecule has 1 amide bonds. The summed E-state index contributed by atoms with van der Waals surface area (Å²) in [5.74, 6) is 1.57. The highest BCUT2D eigenvalue weighted by atomic mass is 35.5. The molecule has 2 aliphatic heterocycles. The number of amides is 1. The summed E-state index contributed by atoms with van der Waals surface area (Å²) >= 11 is 6.26. The number of ether oxygens (including phenoxy) is 2. The molecule has 3 rings (SSSR count). The van der Waals surface area contributed by atoms with Gasteiger partial charge in [0.1, 0.15) is 17.5 Å². The van der Waals surface area contributed by atoms with Gasteiger partial charge < -0.3 is 14.4 Å². The van der Waals surface area contributed by atoms with Crippen LogP contribution >= 0.6 is 11.6 Å². The molecule has 6 nitrogen and oxygen atoms in total. The van der Waals surface area contributed by atoms with Crippen LogP contribution in [0.15, 0.2) is 12.1 Å². The monoisotopic (exact) mass is 353 g/mol. The number of fused-ring (bicyclic) bond motifs is 1. The maximum absolute atomic E-state index is 12.4. The molecule has 0 unspecified atom stereocenters. The summed E-state index contributed by atoms with van der Waals surface area (Å²) in [6.45, 7) is 5.05. The highest BCUT2D eigenvalue weighted by Crippen LogP contribution is 2.33. The average Bonchev–Trinajstić information content (AvgIpc) is 2.59. The fourth-order valence-electron chi connectivity index (χ4n) is 3.45. The topological polar surface area (TPSA) is 45.3 Å². The van der Waals surface area contributed by atoms with Gasteiger partial charge >= 0.3 is 0 Å². The fourth-order valence-corrected chi connectivity index (χ4v) is 3.72. The third kappa shape index (κ3) is 3.31. The molecule has 2 heterocycles. The van der Waals surface area contributed by atoms with E-state index in [2.05, 4.69) is 9.80 Å². The Balaban J connectivity index is 1.75. The zero-order chi connectivity index (χ0) is 17.3. The van der Waals surface area contributed by atoms with Crippen LogP contribution in [-0.4, -0.2) is 80.6 Å². The molecule has 0 N–H and O–H groups in total. The Hall–Kier alpha value is -1.50. The van der Waals surface area contributed by atoms with Gasteiger partial charge in [0, 0.05) is 57.9 Å². The Bertz CT molecular complexity index is 625. The molecule has 2 aliphatic rings. The van der Waals surface area contributed by atoms with E-state index in [-0.39, 0.29) is 11.9 Å². The number of likely N-dealkylation sites (N-methyl/N-ethyl adjacent to an activating group) is 1. The molecule has 0 bridgehead atoms. The fraction of sp³-hybridized carbons (Fsp3) is 0.588. The molecular formula is C17H24ClN3O3. The van der Waals surface area contributed by atoms with E-state index in [0.717, 1.165) is 44.0 Å². The molecule has 24 heavy (non-hydrogen) atoms. The number of benzene rings is 1. The van der Waals surface area contributed by atoms with E-state index in [1.165, 1.54) is 0 Å². The maximum Gasteiger partial charge on any atom is 0.241 e. The lowest BCUT2D eigenvalue weighted by molar-refractivity contribution is -0.143. The van der Waals surface area contributed by atoms with Crippen LogP contribution in [0.2, 0.25) is 5.02 Å². The molecule has 132 valence electrons. The predicted molar refractivity (Wildman–Crippen MR) is 92.8 cm³/mol. The minimum absolute atomic E-state index is 0.0442. The summed E-state index contributed by atoms with van der Waals surface area (Å²) in [6, 6.07) is 3.66. The van der Waals surface area contributed by atoms with Gasteiger partial charge in [-0.3, -0.25) is 14.6 Å². The number of rotatable bonds is 4. The second kappa shape index (κ2) is 7.17. The molecule has 0 aliphatic carbocycles. The molecule has 1 atom stereocenters. The Labute approximate surface area is 147 Å². The summed E-state index contributed by atoms with van der Waals surface area (Å²) in [6.07, 6.45) is 0. The van der Waals surface area contributed by atoms with Crippen molar-refractivity contribution in [2.75, 3.05) is 54.0 Å². The molecule has 2 saturated heterocycles. The third-order valence-corrected chi connectivity index (χ3v) is 5.20. The number of hydrogen-bond acceptors (Lipinski definition) is 5. The van der Waals surface area contributed by atoms with Crippen LogP contribution in [-0.2, 0) is 11.3 Å². The predicted octanol–water partition coefficient (Wildman–Crippen LogP) is 1.32. The highest BCUT2D eigenvalue weighted by molar-refractivity contribution is 6.32. The number of hydrogen-bond donors (Lipinski definition) is 0. The molecular weight excluding hydrogens is 330 g/mol. The molecule has 0 radical (unpaired) electrons. The average molecular weight is 354 g/mol. The van der Waals surface area contributed by atoms with Crippen LogP contribution in [0, 0.1) is 0 Å². The molecule has 1 aromatic carbocycles. The molecule has 1 aromatic rings. The van der Waals surface area contributed by atoms with E-state index in [9.17, 15) is 4.79 Å². The van der Waals surface area contributed by atoms with E-state index in [1.807, 2.05) is 24.1 Å². The van der Waals surface area contributed by atoms with Gasteiger partial charge in [0.05, 0.1) is 19.2 Å². The SMILES string of the molecule is COc1cc(OC)c(CN2CCN3CCN(C)C(=O)[C@H]3C2)cc1Cl. The van der Waals surface area contributed by atoms with Crippen LogP contribution < -0.4 is 9.47 Å². The van der Waals surface area contributed by atoms with Crippen molar-refractivity contribution in [3.05, 3.63) is 22.7 Å². The highest BCUT2D eigenvalue weighted by Gasteiger charge is 2.37. The summed E-state index contributed by atoms with van der Waals surface area (Å²) in [5.41, 5.74) is 1.01. The second-order valence-corrected chi connectivity index (χ2v) is 6.75. The van der Waals surface area contributed by atoms with Gasteiger partial charge in [-0.1, -0.05) is 11.6 Å². The molecule has 0 aromatic heterocycles. The standard InChI is InChI=1S/C17H24ClN3O3/c1-19-4-6-21-7-5-20(11-14(21)17(19)22)10-12-8-13(18)16(24-3)9-15(12)23-2/h8-9,14H,4-7,10-11H2,1-3H3/t14-/m1/s1. The zero-order valence-electron chi connectivity index (χ0n) is 14.4. The van der Waals surface area contributed by atoms with Crippen molar-refractivity contribution in [3.63, 3.8) is 0 Å². The minimum Gasteiger partial charge on any atom is -0.496 e. The van der Waals surface area contributed by atoms with Gasteiger partial charge in [0.2, 0.25) is 5.91 Å². The van der Waals surface area contributed by atoms with Gasteiger partial charge in [-0.25, -0.2) is 0 Å². The zero-order valence-corrected chi connectivity index (χ0v) is 15.2. The van der Waals surface area contributed by atoms with Crippen LogP contribution in [0.3, 0.4) is 0 Å². The van der Waals surface area contributed by atoms with Gasteiger partial charge in [-0.15, -0.1) is 0 Å². The second-order valence-electron chi connectivity index (χ2n) is 6.35. The number of methoxy groups -OCH3 is 2. The van der Waals surface area contributed by atoms with Crippen molar-refractivity contribution in [3.8, 4) is 11.5 Å². The van der Waals surface area contributed by atoms with E-state index in [4.69, 9.17) is 21.1 Å². The number of halogens is 1. The summed E-state index contributed by atoms with van der Waals surface area (Å²) in [5, 5.41) is 0.570. The molecule has 7 heteroatoms. The summed E-state index contributed by atoms with van der Waals surface area (Å²) < 4.78 is 10.7. The number of nitrogens with zero attached hydrogens (tertiary/aromatic N) is 3. The Kier molecular flexibility index (Phi) is 5.18. The lowest BCUT2D eigenvalue weighted by atomic mass is 10.1. The molecule has 0 saturated carbocycles. The van der Waals surface area contributed by atoms with Crippen molar-refractivity contribution < 1.29 is 14.3 Å². The van der Waals surface area contributed by atoms with Crippen LogP contribution in [0.1, 0.15) is 5.56 Å². The van der Waals surface area contributed by atoms with Gasteiger partial charge in [-0.05, 0) is 6.07 Å². The normalized spacial score (nSPS) is 22.4. The first-order chi connectivity index (χ1) is 11.5. The van der Waals surface area contributed by atoms with Crippen LogP contribution in [0.4, 0.5) is 0 Å². The Morgan fingerprint density at radius 2 is 1.83 bits per heavy atom. The van der Waals surface area contributed by atoms with Crippen molar-refractivity contribution in [2.24, 2.45) is 0 Å². The lowest BCUT2D eigenvalue weighted by Crippen LogP contribution is -2.63. The van der Waals surface area contributed by atoms with Crippen molar-refractivity contribution >= 4 is 17.5 Å². The summed E-state index contributed by atoms with van der Waals surface area (Å²) in [4.78, 5) is 18.8. The first-order valence-electron chi connectivity index (χ1n) is 8.15. The smallest absolute Gasteiger partial charge is 0.241 e. The first kappa shape index (κ1) is 17.3.